The van der Waals surface area contributed by atoms with Crippen LogP contribution in [0.2, 0.25) is 0 Å². The van der Waals surface area contributed by atoms with Crippen LogP contribution in [0.5, 0.6) is 5.75 Å². The fraction of sp³-hybridized carbons (Fsp3) is 0.538. The molecule has 0 radical (unpaired) electrons. The van der Waals surface area contributed by atoms with Gasteiger partial charge < -0.3 is 10.1 Å². The number of alkyl halides is 3. The van der Waals surface area contributed by atoms with Crippen molar-refractivity contribution < 1.29 is 17.9 Å². The molecule has 0 fully saturated rings. The Balaban J connectivity index is 2.91. The van der Waals surface area contributed by atoms with Gasteiger partial charge in [0.2, 0.25) is 0 Å². The molecular weight excluding hydrogens is 243 g/mol. The fourth-order valence-electron chi connectivity index (χ4n) is 1.60. The van der Waals surface area contributed by atoms with E-state index in [1.165, 1.54) is 6.07 Å². The Kier molecular flexibility index (Phi) is 5.47. The van der Waals surface area contributed by atoms with Crippen LogP contribution in [0.4, 0.5) is 13.2 Å². The monoisotopic (exact) mass is 261 g/mol. The summed E-state index contributed by atoms with van der Waals surface area (Å²) in [4.78, 5) is 0. The summed E-state index contributed by atoms with van der Waals surface area (Å²) in [5, 5.41) is 3.07. The lowest BCUT2D eigenvalue weighted by molar-refractivity contribution is -0.139. The van der Waals surface area contributed by atoms with E-state index in [4.69, 9.17) is 4.74 Å². The SMILES string of the molecule is CCCNCc1ccc(OCC)c(C(F)(F)F)c1. The Hall–Kier alpha value is -1.23. The van der Waals surface area contributed by atoms with Crippen LogP contribution in [-0.2, 0) is 12.7 Å². The zero-order valence-electron chi connectivity index (χ0n) is 10.6. The van der Waals surface area contributed by atoms with Crippen molar-refractivity contribution in [2.45, 2.75) is 33.0 Å². The first kappa shape index (κ1) is 14.8. The predicted octanol–water partition coefficient (Wildman–Crippen LogP) is 3.60. The van der Waals surface area contributed by atoms with Crippen LogP contribution in [0.3, 0.4) is 0 Å². The van der Waals surface area contributed by atoms with E-state index >= 15 is 0 Å². The minimum Gasteiger partial charge on any atom is -0.493 e. The van der Waals surface area contributed by atoms with Crippen molar-refractivity contribution >= 4 is 0 Å². The first-order chi connectivity index (χ1) is 8.49. The van der Waals surface area contributed by atoms with E-state index < -0.39 is 11.7 Å². The molecule has 0 unspecified atom stereocenters. The van der Waals surface area contributed by atoms with E-state index in [9.17, 15) is 13.2 Å². The number of ether oxygens (including phenoxy) is 1. The van der Waals surface area contributed by atoms with Crippen molar-refractivity contribution in [3.8, 4) is 5.75 Å². The van der Waals surface area contributed by atoms with Crippen molar-refractivity contribution in [3.63, 3.8) is 0 Å². The lowest BCUT2D eigenvalue weighted by Crippen LogP contribution is -2.15. The molecule has 0 saturated heterocycles. The molecule has 0 aliphatic heterocycles. The lowest BCUT2D eigenvalue weighted by Gasteiger charge is -2.14. The van der Waals surface area contributed by atoms with Crippen LogP contribution < -0.4 is 10.1 Å². The van der Waals surface area contributed by atoms with Crippen molar-refractivity contribution in [2.24, 2.45) is 0 Å². The molecule has 0 saturated carbocycles. The van der Waals surface area contributed by atoms with Crippen LogP contribution >= 0.6 is 0 Å². The molecule has 0 aromatic heterocycles. The van der Waals surface area contributed by atoms with Gasteiger partial charge >= 0.3 is 6.18 Å². The quantitative estimate of drug-likeness (QED) is 0.790. The fourth-order valence-corrected chi connectivity index (χ4v) is 1.60. The average Bonchev–Trinajstić information content (AvgIpc) is 2.30. The summed E-state index contributed by atoms with van der Waals surface area (Å²) in [5.41, 5.74) is -0.0978. The van der Waals surface area contributed by atoms with E-state index in [1.807, 2.05) is 6.92 Å². The molecule has 1 aromatic rings. The summed E-state index contributed by atoms with van der Waals surface area (Å²) >= 11 is 0. The number of hydrogen-bond donors (Lipinski definition) is 1. The van der Waals surface area contributed by atoms with Gasteiger partial charge in [0.25, 0.3) is 0 Å². The first-order valence-corrected chi connectivity index (χ1v) is 6.02. The van der Waals surface area contributed by atoms with E-state index in [0.717, 1.165) is 19.0 Å². The van der Waals surface area contributed by atoms with E-state index in [-0.39, 0.29) is 12.4 Å². The van der Waals surface area contributed by atoms with Crippen LogP contribution in [0.25, 0.3) is 0 Å². The summed E-state index contributed by atoms with van der Waals surface area (Å²) in [6.45, 7) is 5.11. The van der Waals surface area contributed by atoms with Crippen molar-refractivity contribution in [1.29, 1.82) is 0 Å². The highest BCUT2D eigenvalue weighted by Crippen LogP contribution is 2.36. The predicted molar refractivity (Wildman–Crippen MR) is 64.6 cm³/mol. The van der Waals surface area contributed by atoms with Gasteiger partial charge in [-0.1, -0.05) is 13.0 Å². The Morgan fingerprint density at radius 1 is 1.22 bits per heavy atom. The summed E-state index contributed by atoms with van der Waals surface area (Å²) in [6, 6.07) is 4.19. The summed E-state index contributed by atoms with van der Waals surface area (Å²) < 4.78 is 43.5. The molecule has 0 amide bonds. The lowest BCUT2D eigenvalue weighted by atomic mass is 10.1. The third-order valence-electron chi connectivity index (χ3n) is 2.41. The summed E-state index contributed by atoms with van der Waals surface area (Å²) in [6.07, 6.45) is -3.44. The molecular formula is C13H18F3NO. The van der Waals surface area contributed by atoms with Gasteiger partial charge in [-0.15, -0.1) is 0 Å². The largest absolute Gasteiger partial charge is 0.493 e. The molecule has 5 heteroatoms. The molecule has 1 aromatic carbocycles. The van der Waals surface area contributed by atoms with Crippen LogP contribution in [0.1, 0.15) is 31.4 Å². The molecule has 2 nitrogen and oxygen atoms in total. The van der Waals surface area contributed by atoms with Crippen LogP contribution in [0.15, 0.2) is 18.2 Å². The van der Waals surface area contributed by atoms with Gasteiger partial charge in [0.15, 0.2) is 0 Å². The van der Waals surface area contributed by atoms with E-state index in [2.05, 4.69) is 5.32 Å². The van der Waals surface area contributed by atoms with Gasteiger partial charge in [0.05, 0.1) is 12.2 Å². The molecule has 102 valence electrons. The maximum absolute atomic E-state index is 12.8. The molecule has 0 aliphatic rings. The minimum atomic E-state index is -4.38. The molecule has 0 bridgehead atoms. The zero-order chi connectivity index (χ0) is 13.6. The van der Waals surface area contributed by atoms with Gasteiger partial charge in [-0.2, -0.15) is 13.2 Å². The smallest absolute Gasteiger partial charge is 0.419 e. The van der Waals surface area contributed by atoms with Gasteiger partial charge in [-0.3, -0.25) is 0 Å². The van der Waals surface area contributed by atoms with Crippen molar-refractivity contribution in [3.05, 3.63) is 29.3 Å². The van der Waals surface area contributed by atoms with Gasteiger partial charge in [-0.05, 0) is 37.6 Å². The molecule has 0 aliphatic carbocycles. The Morgan fingerprint density at radius 3 is 2.50 bits per heavy atom. The second kappa shape index (κ2) is 6.64. The average molecular weight is 261 g/mol. The van der Waals surface area contributed by atoms with Crippen LogP contribution in [-0.4, -0.2) is 13.2 Å². The Labute approximate surface area is 105 Å². The maximum atomic E-state index is 12.8. The first-order valence-electron chi connectivity index (χ1n) is 6.02. The number of halogens is 3. The van der Waals surface area contributed by atoms with E-state index in [1.54, 1.807) is 13.0 Å². The standard InChI is InChI=1S/C13H18F3NO/c1-3-7-17-9-10-5-6-12(18-4-2)11(8-10)13(14,15)16/h5-6,8,17H,3-4,7,9H2,1-2H3. The molecule has 18 heavy (non-hydrogen) atoms. The minimum absolute atomic E-state index is 0.107. The molecule has 0 atom stereocenters. The molecule has 1 rings (SSSR count). The van der Waals surface area contributed by atoms with Gasteiger partial charge in [0, 0.05) is 6.54 Å². The van der Waals surface area contributed by atoms with Gasteiger partial charge in [-0.25, -0.2) is 0 Å². The third-order valence-corrected chi connectivity index (χ3v) is 2.41. The maximum Gasteiger partial charge on any atom is 0.419 e. The number of hydrogen-bond acceptors (Lipinski definition) is 2. The highest BCUT2D eigenvalue weighted by molar-refractivity contribution is 5.39. The third kappa shape index (κ3) is 4.22. The highest BCUT2D eigenvalue weighted by Gasteiger charge is 2.34. The van der Waals surface area contributed by atoms with Crippen molar-refractivity contribution in [2.75, 3.05) is 13.2 Å². The van der Waals surface area contributed by atoms with Crippen molar-refractivity contribution in [1.82, 2.24) is 5.32 Å². The number of benzene rings is 1. The van der Waals surface area contributed by atoms with Gasteiger partial charge in [0.1, 0.15) is 5.75 Å². The number of nitrogens with one attached hydrogen (secondary N) is 1. The zero-order valence-corrected chi connectivity index (χ0v) is 10.6. The molecule has 0 heterocycles. The highest BCUT2D eigenvalue weighted by atomic mass is 19.4. The number of rotatable bonds is 6. The topological polar surface area (TPSA) is 21.3 Å². The normalized spacial score (nSPS) is 11.6. The summed E-state index contributed by atoms with van der Waals surface area (Å²) in [7, 11) is 0. The molecule has 0 spiro atoms. The Bertz CT molecular complexity index is 377. The van der Waals surface area contributed by atoms with E-state index in [0.29, 0.717) is 12.1 Å². The van der Waals surface area contributed by atoms with Crippen LogP contribution in [0, 0.1) is 0 Å². The second-order valence-electron chi connectivity index (χ2n) is 3.94. The second-order valence-corrected chi connectivity index (χ2v) is 3.94. The molecule has 1 N–H and O–H groups in total. The Morgan fingerprint density at radius 2 is 1.94 bits per heavy atom. The summed E-state index contributed by atoms with van der Waals surface area (Å²) in [5.74, 6) is -0.107.